The number of carbonyl (C=O) groups excluding carboxylic acids is 4. The molecule has 3 saturated heterocycles. The van der Waals surface area contributed by atoms with Gasteiger partial charge in [0.25, 0.3) is 5.91 Å². The summed E-state index contributed by atoms with van der Waals surface area (Å²) in [6, 6.07) is 11.7. The zero-order valence-electron chi connectivity index (χ0n) is 23.7. The fourth-order valence-electron chi connectivity index (χ4n) is 6.72. The molecule has 4 heterocycles. The summed E-state index contributed by atoms with van der Waals surface area (Å²) < 4.78 is 17.3. The maximum atomic E-state index is 13.8. The van der Waals surface area contributed by atoms with Gasteiger partial charge in [0, 0.05) is 12.6 Å². The number of aromatic nitrogens is 1. The number of hydrogen-bond acceptors (Lipinski definition) is 9. The van der Waals surface area contributed by atoms with Crippen LogP contribution in [0.2, 0.25) is 5.82 Å². The Labute approximate surface area is 238 Å². The average Bonchev–Trinajstić information content (AvgIpc) is 3.31. The predicted octanol–water partition coefficient (Wildman–Crippen LogP) is 1.87. The van der Waals surface area contributed by atoms with Crippen molar-refractivity contribution in [1.29, 1.82) is 0 Å². The number of morpholine rings is 1. The van der Waals surface area contributed by atoms with Crippen molar-refractivity contribution >= 4 is 30.3 Å². The Morgan fingerprint density at radius 3 is 2.24 bits per heavy atom. The molecule has 11 nitrogen and oxygen atoms in total. The molecule has 5 atom stereocenters. The zero-order valence-corrected chi connectivity index (χ0v) is 23.7. The Morgan fingerprint density at radius 2 is 1.66 bits per heavy atom. The summed E-state index contributed by atoms with van der Waals surface area (Å²) in [6.07, 6.45) is -0.985. The van der Waals surface area contributed by atoms with Crippen molar-refractivity contribution in [2.24, 2.45) is 5.92 Å². The highest BCUT2D eigenvalue weighted by Gasteiger charge is 2.77. The molecule has 0 bridgehead atoms. The van der Waals surface area contributed by atoms with Crippen LogP contribution in [0.15, 0.2) is 48.5 Å². The molecule has 2 N–H and O–H groups in total. The summed E-state index contributed by atoms with van der Waals surface area (Å²) in [5.41, 5.74) is 1.52. The smallest absolute Gasteiger partial charge is 0.587 e. The highest BCUT2D eigenvalue weighted by Crippen LogP contribution is 2.52. The number of pyridine rings is 1. The number of aliphatic hydroxyl groups excluding tert-OH is 1. The molecule has 1 aromatic heterocycles. The van der Waals surface area contributed by atoms with Crippen LogP contribution >= 0.6 is 0 Å². The quantitative estimate of drug-likeness (QED) is 0.413. The van der Waals surface area contributed by atoms with Crippen LogP contribution in [-0.4, -0.2) is 89.3 Å². The molecule has 1 aromatic carbocycles. The molecule has 0 unspecified atom stereocenters. The van der Waals surface area contributed by atoms with E-state index in [2.05, 4.69) is 10.3 Å². The lowest BCUT2D eigenvalue weighted by molar-refractivity contribution is -0.854. The highest BCUT2D eigenvalue weighted by molar-refractivity contribution is 6.68. The van der Waals surface area contributed by atoms with Gasteiger partial charge in [0.15, 0.2) is 17.9 Å². The summed E-state index contributed by atoms with van der Waals surface area (Å²) in [5, 5.41) is 13.2. The van der Waals surface area contributed by atoms with E-state index in [0.717, 1.165) is 5.56 Å². The number of Topliss-reactive ketones (excluding diaryl/α,β-unsaturated/α-hetero) is 1. The first kappa shape index (κ1) is 28.9. The number of ketones is 1. The molecule has 0 radical (unpaired) electrons. The van der Waals surface area contributed by atoms with Crippen LogP contribution in [0.5, 0.6) is 0 Å². The molecule has 3 aliphatic rings. The number of amides is 1. The first-order chi connectivity index (χ1) is 19.5. The van der Waals surface area contributed by atoms with Crippen LogP contribution in [0, 0.1) is 5.92 Å². The summed E-state index contributed by atoms with van der Waals surface area (Å²) >= 11 is 0. The molecular formula is C29H36BN3O8. The van der Waals surface area contributed by atoms with Crippen molar-refractivity contribution in [2.75, 3.05) is 20.3 Å². The van der Waals surface area contributed by atoms with Crippen LogP contribution in [0.3, 0.4) is 0 Å². The summed E-state index contributed by atoms with van der Waals surface area (Å²) in [7, 11) is 1.77. The second-order valence-corrected chi connectivity index (χ2v) is 11.9. The Balaban J connectivity index is 1.40. The van der Waals surface area contributed by atoms with E-state index in [9.17, 15) is 24.3 Å². The first-order valence-corrected chi connectivity index (χ1v) is 14.1. The molecule has 41 heavy (non-hydrogen) atoms. The summed E-state index contributed by atoms with van der Waals surface area (Å²) in [5.74, 6) is -2.71. The normalized spacial score (nSPS) is 28.8. The third kappa shape index (κ3) is 4.94. The second-order valence-electron chi connectivity index (χ2n) is 11.9. The van der Waals surface area contributed by atoms with Crippen molar-refractivity contribution in [3.8, 4) is 11.3 Å². The molecule has 12 heteroatoms. The lowest BCUT2D eigenvalue weighted by Crippen LogP contribution is -2.72. The van der Waals surface area contributed by atoms with Gasteiger partial charge < -0.3 is 28.9 Å². The van der Waals surface area contributed by atoms with E-state index in [4.69, 9.17) is 14.0 Å². The summed E-state index contributed by atoms with van der Waals surface area (Å²) in [6.45, 7) is 2.93. The monoisotopic (exact) mass is 565 g/mol. The molecule has 0 saturated carbocycles. The van der Waals surface area contributed by atoms with Crippen molar-refractivity contribution in [1.82, 2.24) is 10.3 Å². The number of ether oxygens (including phenoxy) is 1. The second kappa shape index (κ2) is 11.0. The van der Waals surface area contributed by atoms with Crippen molar-refractivity contribution in [2.45, 2.75) is 63.7 Å². The van der Waals surface area contributed by atoms with Gasteiger partial charge in [-0.15, -0.1) is 0 Å². The number of quaternary nitrogens is 1. The third-order valence-corrected chi connectivity index (χ3v) is 8.78. The SMILES string of the molecule is CC(C)C[C@H](CC(=O)[C@@H](NC(=O)c1cccc(-c2ccccc2)n1)[C@@H](C)O)[B-]12OC(=O)[C@H]3COC[C@H](C(=O)O1)[N+]32C. The first-order valence-electron chi connectivity index (χ1n) is 14.1. The minimum atomic E-state index is -2.60. The molecule has 5 rings (SSSR count). The minimum Gasteiger partial charge on any atom is -0.600 e. The van der Waals surface area contributed by atoms with Crippen LogP contribution < -0.4 is 5.32 Å². The number of rotatable bonds is 10. The van der Waals surface area contributed by atoms with Gasteiger partial charge in [-0.3, -0.25) is 9.59 Å². The number of benzene rings is 1. The van der Waals surface area contributed by atoms with Crippen molar-refractivity contribution < 1.29 is 42.7 Å². The Hall–Kier alpha value is -3.61. The van der Waals surface area contributed by atoms with Crippen LogP contribution in [0.4, 0.5) is 0 Å². The van der Waals surface area contributed by atoms with Crippen LogP contribution in [-0.2, 0) is 28.4 Å². The number of hydrogen-bond donors (Lipinski definition) is 2. The molecule has 1 amide bonds. The van der Waals surface area contributed by atoms with E-state index in [0.29, 0.717) is 12.1 Å². The Morgan fingerprint density at radius 1 is 1.02 bits per heavy atom. The fourth-order valence-corrected chi connectivity index (χ4v) is 6.72. The standard InChI is InChI=1S/C29H36BN3O8/c1-17(2)13-20(30-33(4)23(28(37)40-30)15-39-16-24(33)29(38)41-30)14-25(35)26(18(3)34)32-27(36)22-12-8-11-21(31-22)19-9-6-5-7-10-19/h5-12,17-18,20,23-24,26,34H,13-16H2,1-4H3,(H,32,36)/t18-,20-,23-,24-,26+,30?,33?/m1/s1. The van der Waals surface area contributed by atoms with E-state index in [-0.39, 0.29) is 35.6 Å². The number of aliphatic hydroxyl groups is 1. The number of carbonyl (C=O) groups is 4. The molecule has 218 valence electrons. The molecule has 0 aliphatic carbocycles. The van der Waals surface area contributed by atoms with Crippen molar-refractivity contribution in [3.05, 3.63) is 54.2 Å². The van der Waals surface area contributed by atoms with Gasteiger partial charge in [-0.25, -0.2) is 14.6 Å². The molecular weight excluding hydrogens is 529 g/mol. The average molecular weight is 565 g/mol. The number of likely N-dealkylation sites (N-methyl/N-ethyl adjacent to an activating group) is 1. The van der Waals surface area contributed by atoms with E-state index in [1.165, 1.54) is 13.0 Å². The fraction of sp³-hybridized carbons (Fsp3) is 0.483. The third-order valence-electron chi connectivity index (χ3n) is 8.78. The van der Waals surface area contributed by atoms with Crippen LogP contribution in [0.25, 0.3) is 11.3 Å². The number of nitrogens with zero attached hydrogens (tertiary/aromatic N) is 2. The topological polar surface area (TPSA) is 141 Å². The number of nitrogens with one attached hydrogen (secondary N) is 1. The maximum Gasteiger partial charge on any atom is 0.587 e. The Bertz CT molecular complexity index is 1320. The van der Waals surface area contributed by atoms with Gasteiger partial charge in [-0.2, -0.15) is 0 Å². The zero-order chi connectivity index (χ0) is 29.5. The summed E-state index contributed by atoms with van der Waals surface area (Å²) in [4.78, 5) is 57.4. The van der Waals surface area contributed by atoms with Crippen LogP contribution in [0.1, 0.15) is 44.1 Å². The van der Waals surface area contributed by atoms with E-state index < -0.39 is 60.4 Å². The van der Waals surface area contributed by atoms with E-state index >= 15 is 0 Å². The highest BCUT2D eigenvalue weighted by atomic mass is 16.7. The van der Waals surface area contributed by atoms with Gasteiger partial charge >= 0.3 is 18.6 Å². The largest absolute Gasteiger partial charge is 0.600 e. The molecule has 3 aliphatic heterocycles. The lowest BCUT2D eigenvalue weighted by Gasteiger charge is -2.51. The molecule has 0 spiro atoms. The van der Waals surface area contributed by atoms with Gasteiger partial charge in [0.2, 0.25) is 0 Å². The van der Waals surface area contributed by atoms with Gasteiger partial charge in [0.1, 0.15) is 24.9 Å². The minimum absolute atomic E-state index is 0.0664. The van der Waals surface area contributed by atoms with E-state index in [1.807, 2.05) is 44.2 Å². The van der Waals surface area contributed by atoms with Crippen molar-refractivity contribution in [3.63, 3.8) is 0 Å². The van der Waals surface area contributed by atoms with Gasteiger partial charge in [-0.05, 0) is 37.2 Å². The molecule has 2 aromatic rings. The Kier molecular flexibility index (Phi) is 7.75. The molecule has 3 fully saturated rings. The predicted molar refractivity (Wildman–Crippen MR) is 148 cm³/mol. The maximum absolute atomic E-state index is 13.8. The lowest BCUT2D eigenvalue weighted by atomic mass is 9.51. The van der Waals surface area contributed by atoms with E-state index in [1.54, 1.807) is 19.2 Å². The van der Waals surface area contributed by atoms with Gasteiger partial charge in [0.05, 0.1) is 11.8 Å². The van der Waals surface area contributed by atoms with Gasteiger partial charge in [-0.1, -0.05) is 56.7 Å².